The third-order valence-corrected chi connectivity index (χ3v) is 3.88. The molecule has 0 amide bonds. The summed E-state index contributed by atoms with van der Waals surface area (Å²) in [5, 5.41) is 13.6. The topological polar surface area (TPSA) is 50.1 Å². The van der Waals surface area contributed by atoms with Gasteiger partial charge >= 0.3 is 0 Å². The molecule has 0 fully saturated rings. The predicted octanol–water partition coefficient (Wildman–Crippen LogP) is 3.98. The van der Waals surface area contributed by atoms with Crippen LogP contribution in [-0.4, -0.2) is 5.16 Å². The second-order valence-electron chi connectivity index (χ2n) is 5.17. The van der Waals surface area contributed by atoms with E-state index in [0.717, 1.165) is 28.4 Å². The molecule has 0 saturated heterocycles. The highest BCUT2D eigenvalue weighted by atomic mass is 16.5. The summed E-state index contributed by atoms with van der Waals surface area (Å²) < 4.78 is 5.28. The first kappa shape index (κ1) is 11.3. The van der Waals surface area contributed by atoms with Crippen LogP contribution in [0.3, 0.4) is 0 Å². The molecule has 20 heavy (non-hydrogen) atoms. The van der Waals surface area contributed by atoms with E-state index in [1.54, 1.807) is 0 Å². The number of hydrogen-bond donors (Lipinski definition) is 2. The van der Waals surface area contributed by atoms with E-state index in [-0.39, 0.29) is 6.17 Å². The first-order chi connectivity index (χ1) is 9.74. The third-order valence-electron chi connectivity index (χ3n) is 3.88. The summed E-state index contributed by atoms with van der Waals surface area (Å²) >= 11 is 0. The lowest BCUT2D eigenvalue weighted by Gasteiger charge is -2.29. The Kier molecular flexibility index (Phi) is 2.27. The maximum atomic E-state index is 5.28. The molecule has 2 aromatic carbocycles. The SMILES string of the molecule is Cc1noc(C)c1C1Nc2cccc3cccc(c23)N1. The van der Waals surface area contributed by atoms with Crippen molar-refractivity contribution in [3.05, 3.63) is 53.4 Å². The Hall–Kier alpha value is -2.49. The van der Waals surface area contributed by atoms with Gasteiger partial charge in [-0.15, -0.1) is 0 Å². The molecule has 100 valence electrons. The zero-order chi connectivity index (χ0) is 13.7. The van der Waals surface area contributed by atoms with Gasteiger partial charge in [0.25, 0.3) is 0 Å². The lowest BCUT2D eigenvalue weighted by atomic mass is 10.0. The van der Waals surface area contributed by atoms with Crippen LogP contribution in [0.2, 0.25) is 0 Å². The molecule has 0 bridgehead atoms. The van der Waals surface area contributed by atoms with E-state index in [1.165, 1.54) is 10.8 Å². The van der Waals surface area contributed by atoms with Crippen LogP contribution < -0.4 is 10.6 Å². The maximum absolute atomic E-state index is 5.28. The molecule has 2 N–H and O–H groups in total. The minimum Gasteiger partial charge on any atom is -0.361 e. The van der Waals surface area contributed by atoms with E-state index in [4.69, 9.17) is 4.52 Å². The zero-order valence-electron chi connectivity index (χ0n) is 11.4. The van der Waals surface area contributed by atoms with Crippen LogP contribution >= 0.6 is 0 Å². The first-order valence-corrected chi connectivity index (χ1v) is 6.71. The van der Waals surface area contributed by atoms with Gasteiger partial charge in [0.05, 0.1) is 11.3 Å². The van der Waals surface area contributed by atoms with Crippen LogP contribution in [0.15, 0.2) is 40.9 Å². The minimum absolute atomic E-state index is 0.0123. The summed E-state index contributed by atoms with van der Waals surface area (Å²) in [5.74, 6) is 0.846. The van der Waals surface area contributed by atoms with Crippen LogP contribution in [0.1, 0.15) is 23.2 Å². The van der Waals surface area contributed by atoms with Gasteiger partial charge in [0.2, 0.25) is 0 Å². The molecule has 2 heterocycles. The van der Waals surface area contributed by atoms with E-state index in [0.29, 0.717) is 0 Å². The van der Waals surface area contributed by atoms with Gasteiger partial charge in [0.1, 0.15) is 11.9 Å². The molecule has 4 rings (SSSR count). The smallest absolute Gasteiger partial charge is 0.141 e. The molecule has 0 atom stereocenters. The molecule has 1 aliphatic rings. The molecule has 0 radical (unpaired) electrons. The molecule has 3 aromatic rings. The fourth-order valence-corrected chi connectivity index (χ4v) is 2.98. The Bertz CT molecular complexity index is 746. The maximum Gasteiger partial charge on any atom is 0.141 e. The summed E-state index contributed by atoms with van der Waals surface area (Å²) in [7, 11) is 0. The monoisotopic (exact) mass is 265 g/mol. The van der Waals surface area contributed by atoms with Crippen LogP contribution in [0.4, 0.5) is 11.4 Å². The third kappa shape index (κ3) is 1.51. The van der Waals surface area contributed by atoms with E-state index >= 15 is 0 Å². The number of hydrogen-bond acceptors (Lipinski definition) is 4. The van der Waals surface area contributed by atoms with Crippen LogP contribution in [0.5, 0.6) is 0 Å². The second-order valence-corrected chi connectivity index (χ2v) is 5.17. The van der Waals surface area contributed by atoms with Crippen molar-refractivity contribution >= 4 is 22.1 Å². The van der Waals surface area contributed by atoms with Gasteiger partial charge in [0, 0.05) is 16.8 Å². The highest BCUT2D eigenvalue weighted by Crippen LogP contribution is 2.39. The second kappa shape index (κ2) is 4.00. The van der Waals surface area contributed by atoms with E-state index < -0.39 is 0 Å². The largest absolute Gasteiger partial charge is 0.361 e. The highest BCUT2D eigenvalue weighted by Gasteiger charge is 2.25. The number of nitrogens with zero attached hydrogens (tertiary/aromatic N) is 1. The standard InChI is InChI=1S/C16H15N3O/c1-9-14(10(2)20-19-9)16-17-12-7-3-5-11-6-4-8-13(18-16)15(11)12/h3-8,16-18H,1-2H3. The number of anilines is 2. The fourth-order valence-electron chi connectivity index (χ4n) is 2.98. The van der Waals surface area contributed by atoms with Crippen molar-refractivity contribution in [1.82, 2.24) is 5.16 Å². The highest BCUT2D eigenvalue weighted by molar-refractivity contribution is 6.04. The summed E-state index contributed by atoms with van der Waals surface area (Å²) in [6.45, 7) is 3.91. The van der Waals surface area contributed by atoms with Gasteiger partial charge in [0.15, 0.2) is 0 Å². The minimum atomic E-state index is -0.0123. The molecule has 4 nitrogen and oxygen atoms in total. The first-order valence-electron chi connectivity index (χ1n) is 6.71. The lowest BCUT2D eigenvalue weighted by Crippen LogP contribution is -2.24. The summed E-state index contributed by atoms with van der Waals surface area (Å²) in [6, 6.07) is 12.6. The average Bonchev–Trinajstić information content (AvgIpc) is 2.79. The molecule has 4 heteroatoms. The molecule has 1 aliphatic heterocycles. The van der Waals surface area contributed by atoms with Crippen molar-refractivity contribution in [1.29, 1.82) is 0 Å². The summed E-state index contributed by atoms with van der Waals surface area (Å²) in [6.07, 6.45) is -0.0123. The Morgan fingerprint density at radius 2 is 1.65 bits per heavy atom. The Labute approximate surface area is 116 Å². The van der Waals surface area contributed by atoms with Gasteiger partial charge in [-0.05, 0) is 31.4 Å². The number of rotatable bonds is 1. The number of aryl methyl sites for hydroxylation is 2. The molecule has 0 unspecified atom stereocenters. The van der Waals surface area contributed by atoms with Gasteiger partial charge in [-0.25, -0.2) is 0 Å². The van der Waals surface area contributed by atoms with Gasteiger partial charge in [-0.2, -0.15) is 0 Å². The van der Waals surface area contributed by atoms with Crippen molar-refractivity contribution in [3.8, 4) is 0 Å². The van der Waals surface area contributed by atoms with Crippen molar-refractivity contribution in [2.75, 3.05) is 10.6 Å². The Balaban J connectivity index is 1.87. The molecule has 1 aromatic heterocycles. The van der Waals surface area contributed by atoms with Crippen LogP contribution in [-0.2, 0) is 0 Å². The zero-order valence-corrected chi connectivity index (χ0v) is 11.4. The summed E-state index contributed by atoms with van der Waals surface area (Å²) in [5.41, 5.74) is 4.28. The predicted molar refractivity (Wildman–Crippen MR) is 79.9 cm³/mol. The Morgan fingerprint density at radius 3 is 2.20 bits per heavy atom. The number of benzene rings is 2. The average molecular weight is 265 g/mol. The molecule has 0 saturated carbocycles. The van der Waals surface area contributed by atoms with E-state index in [1.807, 2.05) is 13.8 Å². The lowest BCUT2D eigenvalue weighted by molar-refractivity contribution is 0.392. The normalized spacial score (nSPS) is 14.1. The number of nitrogens with one attached hydrogen (secondary N) is 2. The quantitative estimate of drug-likeness (QED) is 0.698. The van der Waals surface area contributed by atoms with Crippen molar-refractivity contribution in [3.63, 3.8) is 0 Å². The van der Waals surface area contributed by atoms with Gasteiger partial charge < -0.3 is 15.2 Å². The fraction of sp³-hybridized carbons (Fsp3) is 0.188. The Morgan fingerprint density at radius 1 is 1.00 bits per heavy atom. The molecule has 0 aliphatic carbocycles. The van der Waals surface area contributed by atoms with Crippen LogP contribution in [0, 0.1) is 13.8 Å². The molecular weight excluding hydrogens is 250 g/mol. The molecular formula is C16H15N3O. The van der Waals surface area contributed by atoms with Gasteiger partial charge in [-0.3, -0.25) is 0 Å². The molecule has 0 spiro atoms. The van der Waals surface area contributed by atoms with Crippen molar-refractivity contribution in [2.45, 2.75) is 20.0 Å². The van der Waals surface area contributed by atoms with Crippen molar-refractivity contribution in [2.24, 2.45) is 0 Å². The van der Waals surface area contributed by atoms with Crippen LogP contribution in [0.25, 0.3) is 10.8 Å². The van der Waals surface area contributed by atoms with E-state index in [2.05, 4.69) is 52.2 Å². The van der Waals surface area contributed by atoms with Crippen molar-refractivity contribution < 1.29 is 4.52 Å². The van der Waals surface area contributed by atoms with E-state index in [9.17, 15) is 0 Å². The summed E-state index contributed by atoms with van der Waals surface area (Å²) in [4.78, 5) is 0. The number of aromatic nitrogens is 1. The van der Waals surface area contributed by atoms with Gasteiger partial charge in [-0.1, -0.05) is 29.4 Å².